The zero-order valence-electron chi connectivity index (χ0n) is 7.08. The van der Waals surface area contributed by atoms with Gasteiger partial charge in [-0.3, -0.25) is 0 Å². The summed E-state index contributed by atoms with van der Waals surface area (Å²) in [5.74, 6) is -1.18. The van der Waals surface area contributed by atoms with Gasteiger partial charge in [0.15, 0.2) is 6.10 Å². The molecule has 0 saturated carbocycles. The Bertz CT molecular complexity index is 215. The van der Waals surface area contributed by atoms with Gasteiger partial charge in [-0.05, 0) is 0 Å². The molecule has 0 heterocycles. The molecule has 1 atom stereocenters. The van der Waals surface area contributed by atoms with Crippen molar-refractivity contribution in [2.24, 2.45) is 0 Å². The number of carboxylic acids is 1. The molecule has 0 saturated heterocycles. The van der Waals surface area contributed by atoms with Crippen LogP contribution < -0.4 is 5.32 Å². The minimum atomic E-state index is -4.65. The summed E-state index contributed by atoms with van der Waals surface area (Å²) in [7, 11) is 0. The molecule has 1 unspecified atom stereocenters. The molecule has 0 bridgehead atoms. The van der Waals surface area contributed by atoms with Gasteiger partial charge in [0.2, 0.25) is 0 Å². The van der Waals surface area contributed by atoms with Gasteiger partial charge in [-0.25, -0.2) is 4.79 Å². The lowest BCUT2D eigenvalue weighted by molar-refractivity contribution is -0.201. The third-order valence-electron chi connectivity index (χ3n) is 1.24. The number of hydrogen-bond donors (Lipinski definition) is 3. The van der Waals surface area contributed by atoms with E-state index in [0.29, 0.717) is 0 Å². The minimum Gasteiger partial charge on any atom is -0.478 e. The molecule has 0 aromatic carbocycles. The van der Waals surface area contributed by atoms with Crippen LogP contribution in [0.1, 0.15) is 0 Å². The zero-order valence-corrected chi connectivity index (χ0v) is 7.08. The van der Waals surface area contributed by atoms with Gasteiger partial charge in [0.05, 0.1) is 0 Å². The summed E-state index contributed by atoms with van der Waals surface area (Å²) in [4.78, 5) is 9.91. The van der Waals surface area contributed by atoms with Crippen molar-refractivity contribution in [1.82, 2.24) is 5.32 Å². The van der Waals surface area contributed by atoms with E-state index < -0.39 is 24.8 Å². The van der Waals surface area contributed by atoms with Crippen molar-refractivity contribution in [1.29, 1.82) is 0 Å². The number of nitrogens with one attached hydrogen (secondary N) is 1. The van der Waals surface area contributed by atoms with E-state index in [1.807, 2.05) is 0 Å². The Morgan fingerprint density at radius 2 is 2.07 bits per heavy atom. The smallest absolute Gasteiger partial charge is 0.415 e. The van der Waals surface area contributed by atoms with E-state index in [9.17, 15) is 18.0 Å². The number of aliphatic hydroxyl groups excluding tert-OH is 1. The maximum atomic E-state index is 11.7. The first-order valence-corrected chi connectivity index (χ1v) is 3.69. The van der Waals surface area contributed by atoms with Crippen LogP contribution in [0.3, 0.4) is 0 Å². The van der Waals surface area contributed by atoms with Crippen LogP contribution in [0.5, 0.6) is 0 Å². The predicted octanol–water partition coefficient (Wildman–Crippen LogP) is 0.140. The Labute approximate surface area is 78.0 Å². The van der Waals surface area contributed by atoms with E-state index in [2.05, 4.69) is 5.32 Å². The van der Waals surface area contributed by atoms with Gasteiger partial charge in [0.25, 0.3) is 0 Å². The molecule has 0 aliphatic carbocycles. The SMILES string of the molecule is O=C(O)/C=C/CNCC(O)C(F)(F)F. The van der Waals surface area contributed by atoms with Crippen molar-refractivity contribution in [3.63, 3.8) is 0 Å². The Kier molecular flexibility index (Phi) is 5.18. The number of carboxylic acid groups (broad SMARTS) is 1. The highest BCUT2D eigenvalue weighted by Gasteiger charge is 2.37. The third kappa shape index (κ3) is 6.44. The Hall–Kier alpha value is -1.08. The van der Waals surface area contributed by atoms with Crippen LogP contribution in [0.2, 0.25) is 0 Å². The van der Waals surface area contributed by atoms with Gasteiger partial charge < -0.3 is 15.5 Å². The number of aliphatic carboxylic acids is 1. The van der Waals surface area contributed by atoms with E-state index in [1.165, 1.54) is 0 Å². The van der Waals surface area contributed by atoms with E-state index in [1.54, 1.807) is 0 Å². The summed E-state index contributed by atoms with van der Waals surface area (Å²) in [6.07, 6.45) is -5.14. The summed E-state index contributed by atoms with van der Waals surface area (Å²) in [5.41, 5.74) is 0. The van der Waals surface area contributed by atoms with Crippen LogP contribution in [-0.4, -0.2) is 41.6 Å². The zero-order chi connectivity index (χ0) is 11.2. The second kappa shape index (κ2) is 5.61. The molecule has 7 heteroatoms. The lowest BCUT2D eigenvalue weighted by Gasteiger charge is -2.13. The molecule has 3 N–H and O–H groups in total. The topological polar surface area (TPSA) is 69.6 Å². The highest BCUT2D eigenvalue weighted by molar-refractivity contribution is 5.79. The Morgan fingerprint density at radius 1 is 1.50 bits per heavy atom. The predicted molar refractivity (Wildman–Crippen MR) is 41.7 cm³/mol. The van der Waals surface area contributed by atoms with Crippen LogP contribution >= 0.6 is 0 Å². The van der Waals surface area contributed by atoms with Crippen molar-refractivity contribution in [2.75, 3.05) is 13.1 Å². The van der Waals surface area contributed by atoms with E-state index in [4.69, 9.17) is 10.2 Å². The average Bonchev–Trinajstić information content (AvgIpc) is 2.01. The first-order chi connectivity index (χ1) is 6.34. The van der Waals surface area contributed by atoms with Crippen LogP contribution in [0.4, 0.5) is 13.2 Å². The molecule has 0 radical (unpaired) electrons. The Morgan fingerprint density at radius 3 is 2.50 bits per heavy atom. The van der Waals surface area contributed by atoms with E-state index >= 15 is 0 Å². The standard InChI is InChI=1S/C7H10F3NO3/c8-7(9,10)5(12)4-11-3-1-2-6(13)14/h1-2,5,11-12H,3-4H2,(H,13,14)/b2-1+. The highest BCUT2D eigenvalue weighted by atomic mass is 19.4. The number of halogens is 3. The molecule has 0 aliphatic rings. The minimum absolute atomic E-state index is 0.0422. The highest BCUT2D eigenvalue weighted by Crippen LogP contribution is 2.18. The molecule has 14 heavy (non-hydrogen) atoms. The van der Waals surface area contributed by atoms with Crippen molar-refractivity contribution < 1.29 is 28.2 Å². The van der Waals surface area contributed by atoms with Crippen molar-refractivity contribution >= 4 is 5.97 Å². The van der Waals surface area contributed by atoms with E-state index in [-0.39, 0.29) is 6.54 Å². The monoisotopic (exact) mass is 213 g/mol. The summed E-state index contributed by atoms with van der Waals surface area (Å²) in [6, 6.07) is 0. The molecule has 0 aliphatic heterocycles. The van der Waals surface area contributed by atoms with Crippen molar-refractivity contribution in [3.8, 4) is 0 Å². The van der Waals surface area contributed by atoms with Gasteiger partial charge in [-0.15, -0.1) is 0 Å². The van der Waals surface area contributed by atoms with Crippen molar-refractivity contribution in [3.05, 3.63) is 12.2 Å². The maximum absolute atomic E-state index is 11.7. The molecule has 0 fully saturated rings. The molecular formula is C7H10F3NO3. The molecule has 4 nitrogen and oxygen atoms in total. The van der Waals surface area contributed by atoms with Gasteiger partial charge in [-0.2, -0.15) is 13.2 Å². The Balaban J connectivity index is 3.60. The van der Waals surface area contributed by atoms with Crippen molar-refractivity contribution in [2.45, 2.75) is 12.3 Å². The molecule has 0 spiro atoms. The fraction of sp³-hybridized carbons (Fsp3) is 0.571. The summed E-state index contributed by atoms with van der Waals surface area (Å²) < 4.78 is 35.1. The van der Waals surface area contributed by atoms with Gasteiger partial charge >= 0.3 is 12.1 Å². The van der Waals surface area contributed by atoms with Crippen LogP contribution in [0.25, 0.3) is 0 Å². The summed E-state index contributed by atoms with van der Waals surface area (Å²) in [5, 5.41) is 18.8. The first-order valence-electron chi connectivity index (χ1n) is 3.69. The number of carbonyl (C=O) groups is 1. The largest absolute Gasteiger partial charge is 0.478 e. The number of aliphatic hydroxyl groups is 1. The average molecular weight is 213 g/mol. The second-order valence-electron chi connectivity index (χ2n) is 2.46. The number of rotatable bonds is 5. The molecular weight excluding hydrogens is 203 g/mol. The first kappa shape index (κ1) is 12.9. The summed E-state index contributed by atoms with van der Waals surface area (Å²) >= 11 is 0. The molecule has 0 aromatic heterocycles. The number of hydrogen-bond acceptors (Lipinski definition) is 3. The number of alkyl halides is 3. The second-order valence-corrected chi connectivity index (χ2v) is 2.46. The molecule has 0 rings (SSSR count). The van der Waals surface area contributed by atoms with Gasteiger partial charge in [0, 0.05) is 19.2 Å². The summed E-state index contributed by atoms with van der Waals surface area (Å²) in [6.45, 7) is -0.701. The van der Waals surface area contributed by atoms with Crippen LogP contribution in [-0.2, 0) is 4.79 Å². The lowest BCUT2D eigenvalue weighted by Crippen LogP contribution is -2.38. The lowest BCUT2D eigenvalue weighted by atomic mass is 10.3. The van der Waals surface area contributed by atoms with Gasteiger partial charge in [0.1, 0.15) is 0 Å². The fourth-order valence-corrected chi connectivity index (χ4v) is 0.579. The van der Waals surface area contributed by atoms with Gasteiger partial charge in [-0.1, -0.05) is 6.08 Å². The normalized spacial score (nSPS) is 14.6. The van der Waals surface area contributed by atoms with Crippen LogP contribution in [0.15, 0.2) is 12.2 Å². The van der Waals surface area contributed by atoms with E-state index in [0.717, 1.165) is 12.2 Å². The quantitative estimate of drug-likeness (QED) is 0.449. The molecule has 0 aromatic rings. The third-order valence-corrected chi connectivity index (χ3v) is 1.24. The van der Waals surface area contributed by atoms with Crippen LogP contribution in [0, 0.1) is 0 Å². The maximum Gasteiger partial charge on any atom is 0.415 e. The molecule has 82 valence electrons. The molecule has 0 amide bonds. The fourth-order valence-electron chi connectivity index (χ4n) is 0.579.